The number of ether oxygens (including phenoxy) is 1. The van der Waals surface area contributed by atoms with Crippen molar-refractivity contribution in [1.29, 1.82) is 0 Å². The first kappa shape index (κ1) is 9.70. The van der Waals surface area contributed by atoms with Crippen LogP contribution in [0.15, 0.2) is 29.3 Å². The van der Waals surface area contributed by atoms with Crippen molar-refractivity contribution in [1.82, 2.24) is 5.32 Å². The summed E-state index contributed by atoms with van der Waals surface area (Å²) in [6.45, 7) is 3.57. The van der Waals surface area contributed by atoms with E-state index in [-0.39, 0.29) is 0 Å². The Hall–Kier alpha value is -1.51. The van der Waals surface area contributed by atoms with Crippen molar-refractivity contribution in [2.24, 2.45) is 10.9 Å². The molecule has 1 aromatic carbocycles. The Morgan fingerprint density at radius 1 is 1.44 bits per heavy atom. The summed E-state index contributed by atoms with van der Waals surface area (Å²) in [5, 5.41) is 3.40. The number of benzene rings is 1. The van der Waals surface area contributed by atoms with Gasteiger partial charge in [0.05, 0.1) is 12.6 Å². The lowest BCUT2D eigenvalue weighted by Crippen LogP contribution is -2.41. The van der Waals surface area contributed by atoms with Gasteiger partial charge in [0.2, 0.25) is 0 Å². The topological polar surface area (TPSA) is 33.6 Å². The molecule has 84 valence electrons. The molecule has 0 amide bonds. The summed E-state index contributed by atoms with van der Waals surface area (Å²) in [7, 11) is 0. The molecule has 16 heavy (non-hydrogen) atoms. The maximum absolute atomic E-state index is 5.60. The maximum Gasteiger partial charge on any atom is 0.285 e. The van der Waals surface area contributed by atoms with Gasteiger partial charge in [0.15, 0.2) is 0 Å². The Morgan fingerprint density at radius 2 is 2.31 bits per heavy atom. The third kappa shape index (κ3) is 1.47. The highest BCUT2D eigenvalue weighted by Crippen LogP contribution is 2.37. The molecule has 0 spiro atoms. The number of hydrogen-bond donors (Lipinski definition) is 1. The van der Waals surface area contributed by atoms with Gasteiger partial charge in [0, 0.05) is 12.5 Å². The molecule has 1 aromatic rings. The molecule has 0 bridgehead atoms. The van der Waals surface area contributed by atoms with E-state index in [9.17, 15) is 0 Å². The highest BCUT2D eigenvalue weighted by Gasteiger charge is 2.36. The number of nitrogens with one attached hydrogen (secondary N) is 1. The van der Waals surface area contributed by atoms with E-state index in [1.54, 1.807) is 0 Å². The number of amidine groups is 1. The van der Waals surface area contributed by atoms with Crippen LogP contribution < -0.4 is 5.32 Å². The zero-order valence-corrected chi connectivity index (χ0v) is 9.44. The Labute approximate surface area is 95.5 Å². The van der Waals surface area contributed by atoms with Crippen molar-refractivity contribution in [3.8, 4) is 0 Å². The van der Waals surface area contributed by atoms with Crippen LogP contribution in [-0.4, -0.2) is 19.2 Å². The summed E-state index contributed by atoms with van der Waals surface area (Å²) in [6, 6.07) is 9.75. The number of aliphatic imine (C=N–C) groups is 1. The minimum Gasteiger partial charge on any atom is -0.465 e. The van der Waals surface area contributed by atoms with Crippen LogP contribution in [0.4, 0.5) is 0 Å². The standard InChI is InChI=1S/C13H16N2O/c1-2-14-13-15-12-10(8-16-13)7-9-5-3-4-6-11(9)12/h3-6,10,12H,2,7-8H2,1H3,(H,14,15)/t10-,12+/m1/s1. The third-order valence-corrected chi connectivity index (χ3v) is 3.36. The highest BCUT2D eigenvalue weighted by atomic mass is 16.5. The molecule has 3 nitrogen and oxygen atoms in total. The second-order valence-corrected chi connectivity index (χ2v) is 4.38. The van der Waals surface area contributed by atoms with Gasteiger partial charge in [-0.1, -0.05) is 24.3 Å². The zero-order chi connectivity index (χ0) is 11.0. The smallest absolute Gasteiger partial charge is 0.285 e. The first-order valence-electron chi connectivity index (χ1n) is 5.90. The van der Waals surface area contributed by atoms with Crippen LogP contribution in [0, 0.1) is 5.92 Å². The van der Waals surface area contributed by atoms with E-state index in [0.29, 0.717) is 18.0 Å². The van der Waals surface area contributed by atoms with Gasteiger partial charge in [0.25, 0.3) is 6.02 Å². The summed E-state index contributed by atoms with van der Waals surface area (Å²) in [6.07, 6.45) is 1.12. The largest absolute Gasteiger partial charge is 0.465 e. The van der Waals surface area contributed by atoms with Gasteiger partial charge < -0.3 is 10.1 Å². The molecule has 1 aliphatic carbocycles. The van der Waals surface area contributed by atoms with Crippen LogP contribution in [0.5, 0.6) is 0 Å². The normalized spacial score (nSPS) is 29.2. The number of fused-ring (bicyclic) bond motifs is 3. The van der Waals surface area contributed by atoms with Crippen molar-refractivity contribution < 1.29 is 4.74 Å². The molecule has 0 aromatic heterocycles. The van der Waals surface area contributed by atoms with Crippen molar-refractivity contribution >= 4 is 6.02 Å². The Morgan fingerprint density at radius 3 is 3.19 bits per heavy atom. The molecule has 3 rings (SSSR count). The van der Waals surface area contributed by atoms with Crippen molar-refractivity contribution in [3.63, 3.8) is 0 Å². The molecule has 1 N–H and O–H groups in total. The van der Waals surface area contributed by atoms with Gasteiger partial charge in [-0.2, -0.15) is 0 Å². The lowest BCUT2D eigenvalue weighted by atomic mass is 10.0. The van der Waals surface area contributed by atoms with Crippen LogP contribution >= 0.6 is 0 Å². The van der Waals surface area contributed by atoms with Crippen LogP contribution in [-0.2, 0) is 11.2 Å². The SMILES string of the molecule is CCN=C1N[C@@H]2c3ccccc3C[C@@H]2CO1. The summed E-state index contributed by atoms with van der Waals surface area (Å²) in [4.78, 5) is 4.30. The first-order chi connectivity index (χ1) is 7.88. The van der Waals surface area contributed by atoms with Crippen LogP contribution in [0.25, 0.3) is 0 Å². The molecule has 2 aliphatic rings. The molecule has 3 heteroatoms. The van der Waals surface area contributed by atoms with E-state index in [1.807, 2.05) is 6.92 Å². The number of nitrogens with zero attached hydrogens (tertiary/aromatic N) is 1. The molecule has 0 saturated carbocycles. The monoisotopic (exact) mass is 216 g/mol. The molecule has 1 heterocycles. The van der Waals surface area contributed by atoms with Crippen LogP contribution in [0.2, 0.25) is 0 Å². The molecular weight excluding hydrogens is 200 g/mol. The molecule has 0 radical (unpaired) electrons. The fourth-order valence-corrected chi connectivity index (χ4v) is 2.62. The summed E-state index contributed by atoms with van der Waals surface area (Å²) < 4.78 is 5.60. The maximum atomic E-state index is 5.60. The van der Waals surface area contributed by atoms with Crippen molar-refractivity contribution in [2.75, 3.05) is 13.2 Å². The van der Waals surface area contributed by atoms with Gasteiger partial charge in [-0.25, -0.2) is 4.99 Å². The van der Waals surface area contributed by atoms with Gasteiger partial charge in [-0.05, 0) is 24.5 Å². The lowest BCUT2D eigenvalue weighted by molar-refractivity contribution is 0.166. The molecular formula is C13H16N2O. The molecule has 1 aliphatic heterocycles. The summed E-state index contributed by atoms with van der Waals surface area (Å²) in [5.74, 6) is 0.563. The summed E-state index contributed by atoms with van der Waals surface area (Å²) in [5.41, 5.74) is 2.87. The van der Waals surface area contributed by atoms with Gasteiger partial charge in [0.1, 0.15) is 0 Å². The van der Waals surface area contributed by atoms with E-state index in [1.165, 1.54) is 11.1 Å². The number of hydrogen-bond acceptors (Lipinski definition) is 2. The van der Waals surface area contributed by atoms with Crippen molar-refractivity contribution in [3.05, 3.63) is 35.4 Å². The average molecular weight is 216 g/mol. The van der Waals surface area contributed by atoms with E-state index >= 15 is 0 Å². The number of rotatable bonds is 1. The van der Waals surface area contributed by atoms with Gasteiger partial charge in [-0.15, -0.1) is 0 Å². The minimum atomic E-state index is 0.398. The molecule has 0 unspecified atom stereocenters. The fourth-order valence-electron chi connectivity index (χ4n) is 2.62. The second-order valence-electron chi connectivity index (χ2n) is 4.38. The quantitative estimate of drug-likeness (QED) is 0.777. The predicted molar refractivity (Wildman–Crippen MR) is 63.4 cm³/mol. The second kappa shape index (κ2) is 3.81. The van der Waals surface area contributed by atoms with E-state index in [0.717, 1.165) is 19.6 Å². The average Bonchev–Trinajstić information content (AvgIpc) is 2.68. The van der Waals surface area contributed by atoms with Crippen LogP contribution in [0.3, 0.4) is 0 Å². The first-order valence-corrected chi connectivity index (χ1v) is 5.90. The van der Waals surface area contributed by atoms with Crippen molar-refractivity contribution in [2.45, 2.75) is 19.4 Å². The molecule has 1 saturated heterocycles. The third-order valence-electron chi connectivity index (χ3n) is 3.36. The Balaban J connectivity index is 1.89. The lowest BCUT2D eigenvalue weighted by Gasteiger charge is -2.29. The van der Waals surface area contributed by atoms with E-state index in [2.05, 4.69) is 34.6 Å². The molecule has 1 fully saturated rings. The Bertz CT molecular complexity index is 428. The Kier molecular flexibility index (Phi) is 2.31. The van der Waals surface area contributed by atoms with E-state index < -0.39 is 0 Å². The minimum absolute atomic E-state index is 0.398. The van der Waals surface area contributed by atoms with Crippen LogP contribution in [0.1, 0.15) is 24.1 Å². The highest BCUT2D eigenvalue weighted by molar-refractivity contribution is 5.75. The van der Waals surface area contributed by atoms with E-state index in [4.69, 9.17) is 4.74 Å². The summed E-state index contributed by atoms with van der Waals surface area (Å²) >= 11 is 0. The van der Waals surface area contributed by atoms with Gasteiger partial charge >= 0.3 is 0 Å². The fraction of sp³-hybridized carbons (Fsp3) is 0.462. The predicted octanol–water partition coefficient (Wildman–Crippen LogP) is 1.90. The zero-order valence-electron chi connectivity index (χ0n) is 9.44. The molecule has 2 atom stereocenters. The van der Waals surface area contributed by atoms with Gasteiger partial charge in [-0.3, -0.25) is 0 Å².